The average molecular weight is 757 g/mol. The molecule has 4 aliphatic rings. The second kappa shape index (κ2) is 13.4. The number of hydrogen-bond acceptors (Lipinski definition) is 10. The van der Waals surface area contributed by atoms with Gasteiger partial charge in [0, 0.05) is 62.0 Å². The summed E-state index contributed by atoms with van der Waals surface area (Å²) in [6, 6.07) is 9.67. The maximum atomic E-state index is 17.0. The second-order valence-electron chi connectivity index (χ2n) is 14.6. The molecule has 0 aliphatic carbocycles. The number of nitrogens with zero attached hydrogens (tertiary/aromatic N) is 8. The highest BCUT2D eigenvalue weighted by atomic mass is 35.5. The summed E-state index contributed by atoms with van der Waals surface area (Å²) in [5.41, 5.74) is -0.321. The Labute approximate surface area is 313 Å². The largest absolute Gasteiger partial charge is 0.461 e. The summed E-state index contributed by atoms with van der Waals surface area (Å²) in [5, 5.41) is 1.15. The van der Waals surface area contributed by atoms with Crippen LogP contribution < -0.4 is 9.64 Å². The lowest BCUT2D eigenvalue weighted by atomic mass is 9.91. The molecule has 4 saturated heterocycles. The van der Waals surface area contributed by atoms with E-state index in [0.717, 1.165) is 19.4 Å². The number of rotatable bonds is 7. The molecule has 7 heterocycles. The van der Waals surface area contributed by atoms with Gasteiger partial charge in [-0.25, -0.2) is 23.1 Å². The topological polar surface area (TPSA) is 110 Å². The van der Waals surface area contributed by atoms with E-state index >= 15 is 4.39 Å². The Bertz CT molecular complexity index is 2340. The molecule has 4 aliphatic heterocycles. The summed E-state index contributed by atoms with van der Waals surface area (Å²) in [5.74, 6) is -0.579. The summed E-state index contributed by atoms with van der Waals surface area (Å²) in [6.45, 7) is 4.72. The van der Waals surface area contributed by atoms with Crippen LogP contribution >= 0.6 is 11.6 Å². The second-order valence-corrected chi connectivity index (χ2v) is 15.0. The van der Waals surface area contributed by atoms with Crippen LogP contribution in [0.5, 0.6) is 6.01 Å². The van der Waals surface area contributed by atoms with Gasteiger partial charge < -0.3 is 19.3 Å². The van der Waals surface area contributed by atoms with Gasteiger partial charge in [0.25, 0.3) is 0 Å². The molecule has 0 bridgehead atoms. The van der Waals surface area contributed by atoms with E-state index in [9.17, 15) is 13.6 Å². The fourth-order valence-corrected chi connectivity index (χ4v) is 8.84. The number of anilines is 1. The molecule has 11 nitrogen and oxygen atoms in total. The van der Waals surface area contributed by atoms with Crippen LogP contribution in [0.1, 0.15) is 30.8 Å². The number of ether oxygens (including phenoxy) is 2. The molecule has 4 fully saturated rings. The first kappa shape index (κ1) is 34.8. The lowest BCUT2D eigenvalue weighted by Crippen LogP contribution is -2.72. The number of benzene rings is 2. The molecule has 0 unspecified atom stereocenters. The number of piperazine rings is 1. The molecule has 0 radical (unpaired) electrons. The number of amides is 1. The van der Waals surface area contributed by atoms with Crippen LogP contribution in [-0.4, -0.2) is 110 Å². The zero-order chi connectivity index (χ0) is 37.2. The van der Waals surface area contributed by atoms with Crippen molar-refractivity contribution >= 4 is 51.1 Å². The zero-order valence-corrected chi connectivity index (χ0v) is 30.2. The molecule has 5 aromatic rings. The molecule has 9 rings (SSSR count). The predicted molar refractivity (Wildman–Crippen MR) is 197 cm³/mol. The van der Waals surface area contributed by atoms with E-state index in [0.29, 0.717) is 84.9 Å². The van der Waals surface area contributed by atoms with Crippen LogP contribution in [0.15, 0.2) is 54.9 Å². The number of alkyl halides is 1. The molecule has 3 aromatic heterocycles. The van der Waals surface area contributed by atoms with E-state index in [1.165, 1.54) is 18.3 Å². The molecule has 2 aromatic carbocycles. The third-order valence-corrected chi connectivity index (χ3v) is 11.6. The van der Waals surface area contributed by atoms with Crippen molar-refractivity contribution in [1.82, 2.24) is 34.7 Å². The minimum Gasteiger partial charge on any atom is -0.461 e. The fourth-order valence-electron chi connectivity index (χ4n) is 8.57. The maximum Gasteiger partial charge on any atom is 0.319 e. The molecule has 278 valence electrons. The van der Waals surface area contributed by atoms with Crippen LogP contribution in [0.3, 0.4) is 0 Å². The summed E-state index contributed by atoms with van der Waals surface area (Å²) in [6.07, 6.45) is 7.42. The maximum absolute atomic E-state index is 17.0. The van der Waals surface area contributed by atoms with Gasteiger partial charge in [0.2, 0.25) is 5.91 Å². The number of carbonyl (C=O) groups is 1. The standard InChI is InChI=1S/C39H36ClF3N8O3/c1-23-44-12-10-26(46-23)7-9-30(52)51-15-14-49(19-39(51)20-53-21-39)36-28-17-45-34(27-5-2-4-24-6-8-29(42)32(40)31(24)27)33(43)35(28)47-37(48-36)54-22-38-11-3-13-50(38)18-25(41)16-38/h2,4-10,12,17,25H,3,11,13-16,18-22H2,1H3/b9-7+/t25-,38+/m1/s1. The number of pyridine rings is 1. The molecule has 1 spiro atoms. The van der Waals surface area contributed by atoms with Crippen molar-refractivity contribution in [3.8, 4) is 17.3 Å². The first-order chi connectivity index (χ1) is 26.1. The van der Waals surface area contributed by atoms with Gasteiger partial charge >= 0.3 is 6.01 Å². The van der Waals surface area contributed by atoms with Crippen molar-refractivity contribution in [3.63, 3.8) is 0 Å². The summed E-state index contributed by atoms with van der Waals surface area (Å²) in [4.78, 5) is 42.0. The van der Waals surface area contributed by atoms with E-state index in [1.54, 1.807) is 54.4 Å². The number of aryl methyl sites for hydroxylation is 1. The van der Waals surface area contributed by atoms with E-state index in [4.69, 9.17) is 26.1 Å². The van der Waals surface area contributed by atoms with Crippen molar-refractivity contribution in [3.05, 3.63) is 83.0 Å². The van der Waals surface area contributed by atoms with Gasteiger partial charge in [-0.3, -0.25) is 14.7 Å². The number of hydrogen-bond donors (Lipinski definition) is 0. The Balaban J connectivity index is 1.10. The van der Waals surface area contributed by atoms with Crippen LogP contribution in [0.2, 0.25) is 5.02 Å². The Hall–Kier alpha value is -4.92. The van der Waals surface area contributed by atoms with E-state index < -0.39 is 28.9 Å². The SMILES string of the molecule is Cc1nccc(/C=C/C(=O)N2CCN(c3nc(OC[C@@]45CCCN4C[C@H](F)C5)nc4c(F)c(-c5cccc6ccc(F)c(Cl)c56)ncc34)CC23COC3)n1. The van der Waals surface area contributed by atoms with Crippen LogP contribution in [0.4, 0.5) is 19.0 Å². The number of aromatic nitrogens is 5. The van der Waals surface area contributed by atoms with Gasteiger partial charge in [0.1, 0.15) is 47.0 Å². The predicted octanol–water partition coefficient (Wildman–Crippen LogP) is 5.96. The van der Waals surface area contributed by atoms with Crippen molar-refractivity contribution in [2.75, 3.05) is 57.4 Å². The third kappa shape index (κ3) is 5.91. The molecule has 0 N–H and O–H groups in total. The van der Waals surface area contributed by atoms with Gasteiger partial charge in [-0.05, 0) is 49.9 Å². The Kier molecular flexibility index (Phi) is 8.66. The van der Waals surface area contributed by atoms with Crippen LogP contribution in [-0.2, 0) is 9.53 Å². The number of halogens is 4. The van der Waals surface area contributed by atoms with E-state index in [-0.39, 0.29) is 34.8 Å². The quantitative estimate of drug-likeness (QED) is 0.185. The van der Waals surface area contributed by atoms with Crippen molar-refractivity contribution in [1.29, 1.82) is 0 Å². The molecule has 54 heavy (non-hydrogen) atoms. The molecular weight excluding hydrogens is 721 g/mol. The monoisotopic (exact) mass is 756 g/mol. The minimum atomic E-state index is -0.953. The normalized spacial score (nSPS) is 22.4. The van der Waals surface area contributed by atoms with E-state index in [1.807, 2.05) is 4.90 Å². The van der Waals surface area contributed by atoms with Crippen molar-refractivity contribution in [2.24, 2.45) is 0 Å². The highest BCUT2D eigenvalue weighted by Gasteiger charge is 2.51. The minimum absolute atomic E-state index is 0.0411. The average Bonchev–Trinajstić information content (AvgIpc) is 3.69. The first-order valence-electron chi connectivity index (χ1n) is 18.0. The highest BCUT2D eigenvalue weighted by Crippen LogP contribution is 2.42. The molecular formula is C39H36ClF3N8O3. The molecule has 2 atom stereocenters. The lowest BCUT2D eigenvalue weighted by Gasteiger charge is -2.55. The first-order valence-corrected chi connectivity index (χ1v) is 18.4. The van der Waals surface area contributed by atoms with Gasteiger partial charge in [-0.2, -0.15) is 9.97 Å². The van der Waals surface area contributed by atoms with Crippen LogP contribution in [0, 0.1) is 18.6 Å². The fraction of sp³-hybridized carbons (Fsp3) is 0.385. The Morgan fingerprint density at radius 2 is 1.96 bits per heavy atom. The van der Waals surface area contributed by atoms with Gasteiger partial charge in [-0.15, -0.1) is 0 Å². The Morgan fingerprint density at radius 1 is 1.09 bits per heavy atom. The molecule has 0 saturated carbocycles. The summed E-state index contributed by atoms with van der Waals surface area (Å²) >= 11 is 6.44. The number of carbonyl (C=O) groups excluding carboxylic acids is 1. The third-order valence-electron chi connectivity index (χ3n) is 11.2. The van der Waals surface area contributed by atoms with Crippen LogP contribution in [0.25, 0.3) is 39.0 Å². The summed E-state index contributed by atoms with van der Waals surface area (Å²) in [7, 11) is 0. The van der Waals surface area contributed by atoms with Crippen molar-refractivity contribution < 1.29 is 27.4 Å². The highest BCUT2D eigenvalue weighted by molar-refractivity contribution is 6.36. The van der Waals surface area contributed by atoms with Gasteiger partial charge in [0.05, 0.1) is 34.9 Å². The smallest absolute Gasteiger partial charge is 0.319 e. The summed E-state index contributed by atoms with van der Waals surface area (Å²) < 4.78 is 58.3. The van der Waals surface area contributed by atoms with Gasteiger partial charge in [0.15, 0.2) is 5.82 Å². The van der Waals surface area contributed by atoms with E-state index in [2.05, 4.69) is 24.8 Å². The number of fused-ring (bicyclic) bond motifs is 3. The Morgan fingerprint density at radius 3 is 2.78 bits per heavy atom. The zero-order valence-electron chi connectivity index (χ0n) is 29.4. The van der Waals surface area contributed by atoms with Gasteiger partial charge in [-0.1, -0.05) is 35.9 Å². The van der Waals surface area contributed by atoms with Crippen molar-refractivity contribution in [2.45, 2.75) is 43.4 Å². The molecule has 15 heteroatoms. The lowest BCUT2D eigenvalue weighted by molar-refractivity contribution is -0.164. The molecule has 1 amide bonds.